The fourth-order valence-electron chi connectivity index (χ4n) is 1.81. The maximum Gasteiger partial charge on any atom is 0.0658 e. The molecule has 0 aliphatic heterocycles. The monoisotopic (exact) mass is 202 g/mol. The SMILES string of the molecule is CC(C)(C)SCC(O)C1CCCC1. The average Bonchev–Trinajstić information content (AvgIpc) is 2.50. The summed E-state index contributed by atoms with van der Waals surface area (Å²) in [7, 11) is 0. The van der Waals surface area contributed by atoms with Crippen molar-refractivity contribution >= 4 is 11.8 Å². The van der Waals surface area contributed by atoms with Gasteiger partial charge in [-0.05, 0) is 18.8 Å². The molecule has 1 rings (SSSR count). The van der Waals surface area contributed by atoms with Crippen LogP contribution in [0.2, 0.25) is 0 Å². The standard InChI is InChI=1S/C11H22OS/c1-11(2,3)13-8-10(12)9-6-4-5-7-9/h9-10,12H,4-8H2,1-3H3. The van der Waals surface area contributed by atoms with Crippen molar-refractivity contribution in [3.05, 3.63) is 0 Å². The second kappa shape index (κ2) is 4.70. The molecule has 1 nitrogen and oxygen atoms in total. The molecule has 0 heterocycles. The average molecular weight is 202 g/mol. The summed E-state index contributed by atoms with van der Waals surface area (Å²) in [6.07, 6.45) is 5.06. The van der Waals surface area contributed by atoms with Gasteiger partial charge in [-0.2, -0.15) is 11.8 Å². The van der Waals surface area contributed by atoms with Crippen LogP contribution in [-0.2, 0) is 0 Å². The van der Waals surface area contributed by atoms with E-state index in [1.165, 1.54) is 25.7 Å². The third-order valence-electron chi connectivity index (χ3n) is 2.63. The minimum absolute atomic E-state index is 0.0632. The first-order valence-corrected chi connectivity index (χ1v) is 6.29. The Morgan fingerprint density at radius 2 is 1.85 bits per heavy atom. The maximum atomic E-state index is 9.89. The molecule has 0 amide bonds. The second-order valence-electron chi connectivity index (χ2n) is 5.04. The van der Waals surface area contributed by atoms with Gasteiger partial charge in [-0.1, -0.05) is 33.6 Å². The van der Waals surface area contributed by atoms with Gasteiger partial charge in [-0.3, -0.25) is 0 Å². The highest BCUT2D eigenvalue weighted by atomic mass is 32.2. The smallest absolute Gasteiger partial charge is 0.0658 e. The molecule has 0 aromatic carbocycles. The molecule has 78 valence electrons. The van der Waals surface area contributed by atoms with Gasteiger partial charge in [0.05, 0.1) is 6.10 Å². The van der Waals surface area contributed by atoms with Crippen molar-refractivity contribution in [2.24, 2.45) is 5.92 Å². The van der Waals surface area contributed by atoms with Gasteiger partial charge in [0, 0.05) is 10.5 Å². The van der Waals surface area contributed by atoms with Gasteiger partial charge in [-0.15, -0.1) is 0 Å². The summed E-state index contributed by atoms with van der Waals surface area (Å²) in [6.45, 7) is 6.62. The van der Waals surface area contributed by atoms with E-state index in [0.29, 0.717) is 10.7 Å². The normalized spacial score (nSPS) is 22.2. The van der Waals surface area contributed by atoms with Crippen molar-refractivity contribution in [3.8, 4) is 0 Å². The summed E-state index contributed by atoms with van der Waals surface area (Å²) >= 11 is 1.88. The minimum Gasteiger partial charge on any atom is -0.392 e. The molecule has 0 spiro atoms. The third-order valence-corrected chi connectivity index (χ3v) is 4.01. The predicted octanol–water partition coefficient (Wildman–Crippen LogP) is 3.07. The molecule has 0 radical (unpaired) electrons. The maximum absolute atomic E-state index is 9.89. The molecule has 1 atom stereocenters. The highest BCUT2D eigenvalue weighted by Gasteiger charge is 2.24. The van der Waals surface area contributed by atoms with E-state index in [2.05, 4.69) is 20.8 Å². The minimum atomic E-state index is -0.0632. The summed E-state index contributed by atoms with van der Waals surface area (Å²) in [4.78, 5) is 0. The van der Waals surface area contributed by atoms with Crippen LogP contribution >= 0.6 is 11.8 Å². The van der Waals surface area contributed by atoms with Crippen LogP contribution in [-0.4, -0.2) is 21.7 Å². The largest absolute Gasteiger partial charge is 0.392 e. The van der Waals surface area contributed by atoms with E-state index in [0.717, 1.165) is 5.75 Å². The van der Waals surface area contributed by atoms with Crippen LogP contribution in [0, 0.1) is 5.92 Å². The van der Waals surface area contributed by atoms with E-state index in [-0.39, 0.29) is 6.10 Å². The summed E-state index contributed by atoms with van der Waals surface area (Å²) in [5.74, 6) is 1.50. The van der Waals surface area contributed by atoms with Gasteiger partial charge in [0.15, 0.2) is 0 Å². The molecule has 1 N–H and O–H groups in total. The van der Waals surface area contributed by atoms with Crippen molar-refractivity contribution in [1.29, 1.82) is 0 Å². The van der Waals surface area contributed by atoms with E-state index in [1.807, 2.05) is 11.8 Å². The van der Waals surface area contributed by atoms with Crippen molar-refractivity contribution in [2.45, 2.75) is 57.3 Å². The molecular formula is C11H22OS. The topological polar surface area (TPSA) is 20.2 Å². The van der Waals surface area contributed by atoms with E-state index < -0.39 is 0 Å². The van der Waals surface area contributed by atoms with Crippen LogP contribution in [0.5, 0.6) is 0 Å². The van der Waals surface area contributed by atoms with Crippen LogP contribution in [0.3, 0.4) is 0 Å². The lowest BCUT2D eigenvalue weighted by Gasteiger charge is -2.23. The number of thioether (sulfide) groups is 1. The zero-order chi connectivity index (χ0) is 9.90. The van der Waals surface area contributed by atoms with Gasteiger partial charge in [0.25, 0.3) is 0 Å². The number of hydrogen-bond acceptors (Lipinski definition) is 2. The van der Waals surface area contributed by atoms with Crippen molar-refractivity contribution in [3.63, 3.8) is 0 Å². The Bertz CT molecular complexity index is 145. The van der Waals surface area contributed by atoms with E-state index in [9.17, 15) is 5.11 Å². The first kappa shape index (κ1) is 11.4. The molecule has 1 aliphatic rings. The second-order valence-corrected chi connectivity index (χ2v) is 6.88. The Morgan fingerprint density at radius 1 is 1.31 bits per heavy atom. The molecule has 1 saturated carbocycles. The molecule has 1 aliphatic carbocycles. The zero-order valence-corrected chi connectivity index (χ0v) is 9.86. The van der Waals surface area contributed by atoms with E-state index in [4.69, 9.17) is 0 Å². The van der Waals surface area contributed by atoms with Crippen LogP contribution in [0.25, 0.3) is 0 Å². The highest BCUT2D eigenvalue weighted by molar-refractivity contribution is 8.00. The Kier molecular flexibility index (Phi) is 4.11. The van der Waals surface area contributed by atoms with Gasteiger partial charge in [0.1, 0.15) is 0 Å². The van der Waals surface area contributed by atoms with Crippen molar-refractivity contribution in [2.75, 3.05) is 5.75 Å². The number of rotatable bonds is 3. The molecule has 1 fully saturated rings. The molecule has 0 bridgehead atoms. The molecule has 13 heavy (non-hydrogen) atoms. The third kappa shape index (κ3) is 4.37. The van der Waals surface area contributed by atoms with Crippen molar-refractivity contribution in [1.82, 2.24) is 0 Å². The summed E-state index contributed by atoms with van der Waals surface area (Å²) in [5, 5.41) is 9.89. The highest BCUT2D eigenvalue weighted by Crippen LogP contribution is 2.31. The van der Waals surface area contributed by atoms with E-state index in [1.54, 1.807) is 0 Å². The summed E-state index contributed by atoms with van der Waals surface area (Å²) in [5.41, 5.74) is 0. The fraction of sp³-hybridized carbons (Fsp3) is 1.00. The fourth-order valence-corrected chi connectivity index (χ4v) is 2.76. The van der Waals surface area contributed by atoms with Crippen molar-refractivity contribution < 1.29 is 5.11 Å². The lowest BCUT2D eigenvalue weighted by molar-refractivity contribution is 0.133. The molecular weight excluding hydrogens is 180 g/mol. The van der Waals surface area contributed by atoms with Gasteiger partial charge in [0.2, 0.25) is 0 Å². The molecule has 1 unspecified atom stereocenters. The van der Waals surface area contributed by atoms with Crippen LogP contribution in [0.1, 0.15) is 46.5 Å². The van der Waals surface area contributed by atoms with Gasteiger partial charge < -0.3 is 5.11 Å². The van der Waals surface area contributed by atoms with Crippen LogP contribution in [0.15, 0.2) is 0 Å². The zero-order valence-electron chi connectivity index (χ0n) is 9.05. The molecule has 2 heteroatoms. The Balaban J connectivity index is 2.20. The first-order chi connectivity index (χ1) is 5.99. The summed E-state index contributed by atoms with van der Waals surface area (Å²) in [6, 6.07) is 0. The van der Waals surface area contributed by atoms with Gasteiger partial charge >= 0.3 is 0 Å². The molecule has 0 aromatic heterocycles. The summed E-state index contributed by atoms with van der Waals surface area (Å²) < 4.78 is 0.291. The van der Waals surface area contributed by atoms with E-state index >= 15 is 0 Å². The van der Waals surface area contributed by atoms with Crippen LogP contribution < -0.4 is 0 Å². The predicted molar refractivity (Wildman–Crippen MR) is 60.2 cm³/mol. The Labute approximate surface area is 86.3 Å². The number of aliphatic hydroxyl groups is 1. The number of hydrogen-bond donors (Lipinski definition) is 1. The Morgan fingerprint density at radius 3 is 2.31 bits per heavy atom. The van der Waals surface area contributed by atoms with Crippen LogP contribution in [0.4, 0.5) is 0 Å². The molecule has 0 saturated heterocycles. The number of aliphatic hydroxyl groups excluding tert-OH is 1. The molecule has 0 aromatic rings. The quantitative estimate of drug-likeness (QED) is 0.759. The van der Waals surface area contributed by atoms with Gasteiger partial charge in [-0.25, -0.2) is 0 Å². The lowest BCUT2D eigenvalue weighted by atomic mass is 10.0. The lowest BCUT2D eigenvalue weighted by Crippen LogP contribution is -2.23. The first-order valence-electron chi connectivity index (χ1n) is 5.31. The Hall–Kier alpha value is 0.310.